The predicted molar refractivity (Wildman–Crippen MR) is 110 cm³/mol. The van der Waals surface area contributed by atoms with Gasteiger partial charge in [-0.25, -0.2) is 0 Å². The Morgan fingerprint density at radius 1 is 1.21 bits per heavy atom. The highest BCUT2D eigenvalue weighted by Gasteiger charge is 2.38. The second-order valence-electron chi connectivity index (χ2n) is 6.87. The van der Waals surface area contributed by atoms with Gasteiger partial charge < -0.3 is 15.4 Å². The van der Waals surface area contributed by atoms with Crippen LogP contribution in [0.4, 0.5) is 0 Å². The minimum absolute atomic E-state index is 0. The van der Waals surface area contributed by atoms with Gasteiger partial charge in [-0.05, 0) is 37.2 Å². The smallest absolute Gasteiger partial charge is 0.191 e. The average Bonchev–Trinajstić information content (AvgIpc) is 3.37. The summed E-state index contributed by atoms with van der Waals surface area (Å²) in [4.78, 5) is 4.33. The number of rotatable bonds is 8. The number of aliphatic imine (C=N–C) groups is 1. The number of nitrogens with one attached hydrogen (secondary N) is 2. The number of halogens is 1. The molecule has 0 saturated heterocycles. The van der Waals surface area contributed by atoms with E-state index in [1.54, 1.807) is 0 Å². The summed E-state index contributed by atoms with van der Waals surface area (Å²) in [7, 11) is 1.83. The van der Waals surface area contributed by atoms with Crippen LogP contribution in [0.3, 0.4) is 0 Å². The third kappa shape index (κ3) is 5.34. The maximum absolute atomic E-state index is 5.65. The summed E-state index contributed by atoms with van der Waals surface area (Å²) < 4.78 is 5.65. The molecular weight excluding hydrogens is 413 g/mol. The first-order chi connectivity index (χ1) is 11.3. The Labute approximate surface area is 162 Å². The van der Waals surface area contributed by atoms with Crippen molar-refractivity contribution in [2.75, 3.05) is 33.4 Å². The summed E-state index contributed by atoms with van der Waals surface area (Å²) in [5.41, 5.74) is 1.73. The van der Waals surface area contributed by atoms with Crippen LogP contribution >= 0.6 is 24.0 Å². The van der Waals surface area contributed by atoms with E-state index in [9.17, 15) is 0 Å². The molecule has 2 aliphatic carbocycles. The van der Waals surface area contributed by atoms with Gasteiger partial charge in [-0.1, -0.05) is 36.8 Å². The molecule has 1 aromatic rings. The largest absolute Gasteiger partial charge is 0.379 e. The zero-order valence-electron chi connectivity index (χ0n) is 14.6. The number of benzene rings is 1. The molecule has 2 saturated carbocycles. The van der Waals surface area contributed by atoms with Crippen LogP contribution in [0.5, 0.6) is 0 Å². The lowest BCUT2D eigenvalue weighted by Crippen LogP contribution is -2.49. The van der Waals surface area contributed by atoms with E-state index in [2.05, 4.69) is 46.0 Å². The van der Waals surface area contributed by atoms with E-state index in [-0.39, 0.29) is 29.4 Å². The Morgan fingerprint density at radius 2 is 1.96 bits per heavy atom. The molecule has 2 fully saturated rings. The van der Waals surface area contributed by atoms with Gasteiger partial charge in [0.1, 0.15) is 0 Å². The molecule has 4 nitrogen and oxygen atoms in total. The summed E-state index contributed by atoms with van der Waals surface area (Å²) >= 11 is 0. The average molecular weight is 443 g/mol. The second-order valence-corrected chi connectivity index (χ2v) is 6.87. The molecule has 0 aromatic heterocycles. The Morgan fingerprint density at radius 3 is 2.54 bits per heavy atom. The first kappa shape index (κ1) is 19.5. The van der Waals surface area contributed by atoms with Gasteiger partial charge in [-0.2, -0.15) is 0 Å². The summed E-state index contributed by atoms with van der Waals surface area (Å²) in [5.74, 6) is 1.71. The molecule has 0 amide bonds. The van der Waals surface area contributed by atoms with E-state index >= 15 is 0 Å². The minimum atomic E-state index is 0. The molecule has 2 N–H and O–H groups in total. The van der Waals surface area contributed by atoms with Crippen molar-refractivity contribution in [3.63, 3.8) is 0 Å². The van der Waals surface area contributed by atoms with Crippen molar-refractivity contribution in [2.24, 2.45) is 10.9 Å². The van der Waals surface area contributed by atoms with Gasteiger partial charge in [-0.15, -0.1) is 24.0 Å². The summed E-state index contributed by atoms with van der Waals surface area (Å²) in [6.45, 7) is 3.43. The van der Waals surface area contributed by atoms with Crippen LogP contribution in [0.1, 0.15) is 37.7 Å². The Hall–Kier alpha value is -0.820. The molecule has 0 heterocycles. The molecule has 1 aromatic carbocycles. The zero-order chi connectivity index (χ0) is 16.0. The van der Waals surface area contributed by atoms with Crippen LogP contribution in [0, 0.1) is 5.92 Å². The number of nitrogens with zero attached hydrogens (tertiary/aromatic N) is 1. The van der Waals surface area contributed by atoms with E-state index in [0.29, 0.717) is 0 Å². The fourth-order valence-electron chi connectivity index (χ4n) is 3.21. The monoisotopic (exact) mass is 443 g/mol. The van der Waals surface area contributed by atoms with Gasteiger partial charge in [-0.3, -0.25) is 4.99 Å². The van der Waals surface area contributed by atoms with Crippen molar-refractivity contribution in [1.29, 1.82) is 0 Å². The normalized spacial score (nSPS) is 19.1. The number of hydrogen-bond donors (Lipinski definition) is 2. The molecule has 2 aliphatic rings. The molecule has 0 atom stereocenters. The van der Waals surface area contributed by atoms with Gasteiger partial charge in [0, 0.05) is 32.2 Å². The highest BCUT2D eigenvalue weighted by atomic mass is 127. The van der Waals surface area contributed by atoms with Crippen molar-refractivity contribution >= 4 is 29.9 Å². The molecule has 3 rings (SSSR count). The van der Waals surface area contributed by atoms with E-state index in [0.717, 1.165) is 38.2 Å². The zero-order valence-corrected chi connectivity index (χ0v) is 16.9. The van der Waals surface area contributed by atoms with Crippen molar-refractivity contribution in [1.82, 2.24) is 10.6 Å². The quantitative estimate of drug-likeness (QED) is 0.281. The number of ether oxygens (including phenoxy) is 1. The van der Waals surface area contributed by atoms with Crippen LogP contribution in [0.25, 0.3) is 0 Å². The van der Waals surface area contributed by atoms with Crippen LogP contribution in [0.15, 0.2) is 35.3 Å². The summed E-state index contributed by atoms with van der Waals surface area (Å²) in [6.07, 6.45) is 6.52. The molecular formula is C19H30IN3O. The van der Waals surface area contributed by atoms with Crippen molar-refractivity contribution < 1.29 is 4.74 Å². The maximum Gasteiger partial charge on any atom is 0.191 e. The molecule has 134 valence electrons. The Bertz CT molecular complexity index is 513. The van der Waals surface area contributed by atoms with Crippen LogP contribution in [-0.4, -0.2) is 39.3 Å². The maximum atomic E-state index is 5.65. The molecule has 0 radical (unpaired) electrons. The first-order valence-corrected chi connectivity index (χ1v) is 8.90. The molecule has 0 bridgehead atoms. The third-order valence-corrected chi connectivity index (χ3v) is 5.10. The van der Waals surface area contributed by atoms with Gasteiger partial charge in [0.2, 0.25) is 0 Å². The number of hydrogen-bond acceptors (Lipinski definition) is 2. The highest BCUT2D eigenvalue weighted by Crippen LogP contribution is 2.43. The fraction of sp³-hybridized carbons (Fsp3) is 0.632. The third-order valence-electron chi connectivity index (χ3n) is 5.10. The molecule has 0 spiro atoms. The highest BCUT2D eigenvalue weighted by molar-refractivity contribution is 14.0. The molecule has 24 heavy (non-hydrogen) atoms. The Kier molecular flexibility index (Phi) is 7.81. The van der Waals surface area contributed by atoms with Gasteiger partial charge >= 0.3 is 0 Å². The SMILES string of the molecule is CN=C(NCCOCC1CC1)NCC1(c2ccccc2)CCC1.I. The molecule has 0 aliphatic heterocycles. The summed E-state index contributed by atoms with van der Waals surface area (Å²) in [5, 5.41) is 6.86. The predicted octanol–water partition coefficient (Wildman–Crippen LogP) is 3.32. The Balaban J connectivity index is 0.00000208. The van der Waals surface area contributed by atoms with Gasteiger partial charge in [0.25, 0.3) is 0 Å². The van der Waals surface area contributed by atoms with Crippen LogP contribution < -0.4 is 10.6 Å². The molecule has 0 unspecified atom stereocenters. The van der Waals surface area contributed by atoms with E-state index < -0.39 is 0 Å². The standard InChI is InChI=1S/C19H29N3O.HI/c1-20-18(21-12-13-23-14-16-8-9-16)22-15-19(10-5-11-19)17-6-3-2-4-7-17;/h2-4,6-7,16H,5,8-15H2,1H3,(H2,20,21,22);1H. The lowest BCUT2D eigenvalue weighted by molar-refractivity contribution is 0.129. The first-order valence-electron chi connectivity index (χ1n) is 8.90. The lowest BCUT2D eigenvalue weighted by atomic mass is 9.64. The second kappa shape index (κ2) is 9.61. The lowest BCUT2D eigenvalue weighted by Gasteiger charge is -2.43. The topological polar surface area (TPSA) is 45.7 Å². The van der Waals surface area contributed by atoms with E-state index in [1.165, 1.54) is 37.7 Å². The van der Waals surface area contributed by atoms with Gasteiger partial charge in [0.15, 0.2) is 5.96 Å². The van der Waals surface area contributed by atoms with E-state index in [4.69, 9.17) is 4.74 Å². The van der Waals surface area contributed by atoms with Gasteiger partial charge in [0.05, 0.1) is 6.61 Å². The van der Waals surface area contributed by atoms with Crippen molar-refractivity contribution in [3.05, 3.63) is 35.9 Å². The molecule has 5 heteroatoms. The van der Waals surface area contributed by atoms with Crippen LogP contribution in [-0.2, 0) is 10.2 Å². The van der Waals surface area contributed by atoms with E-state index in [1.807, 2.05) is 7.05 Å². The minimum Gasteiger partial charge on any atom is -0.379 e. The number of guanidine groups is 1. The van der Waals surface area contributed by atoms with Crippen molar-refractivity contribution in [2.45, 2.75) is 37.5 Å². The fourth-order valence-corrected chi connectivity index (χ4v) is 3.21. The summed E-state index contributed by atoms with van der Waals surface area (Å²) in [6, 6.07) is 10.9. The van der Waals surface area contributed by atoms with Crippen molar-refractivity contribution in [3.8, 4) is 0 Å². The van der Waals surface area contributed by atoms with Crippen LogP contribution in [0.2, 0.25) is 0 Å².